The highest BCUT2D eigenvalue weighted by molar-refractivity contribution is 5.97. The number of rotatable bonds is 8. The smallest absolute Gasteiger partial charge is 0.430 e. The Labute approximate surface area is 241 Å². The van der Waals surface area contributed by atoms with Crippen molar-refractivity contribution < 1.29 is 41.9 Å². The molecule has 0 radical (unpaired) electrons. The summed E-state index contributed by atoms with van der Waals surface area (Å²) < 4.78 is 38.4. The number of nitrogens with zero attached hydrogens (tertiary/aromatic N) is 1. The summed E-state index contributed by atoms with van der Waals surface area (Å²) in [6, 6.07) is 26.0. The van der Waals surface area contributed by atoms with Crippen molar-refractivity contribution in [1.82, 2.24) is 0 Å². The number of benzene rings is 3. The number of ether oxygens (including phenoxy) is 1. The van der Waals surface area contributed by atoms with Crippen molar-refractivity contribution in [2.24, 2.45) is 5.92 Å². The summed E-state index contributed by atoms with van der Waals surface area (Å²) >= 11 is 0. The molecule has 0 aromatic heterocycles. The topological polar surface area (TPSA) is 122 Å². The number of anilines is 2. The normalized spacial score (nSPS) is 21.8. The highest BCUT2D eigenvalue weighted by Gasteiger charge is 2.49. The zero-order valence-corrected chi connectivity index (χ0v) is 22.8. The number of ketones is 1. The Kier molecular flexibility index (Phi) is 9.52. The summed E-state index contributed by atoms with van der Waals surface area (Å²) in [6.45, 7) is 2.97. The number of fused-ring (bicyclic) bond motifs is 3. The van der Waals surface area contributed by atoms with Gasteiger partial charge in [-0.3, -0.25) is 4.79 Å². The molecule has 0 aliphatic carbocycles. The van der Waals surface area contributed by atoms with Crippen LogP contribution in [-0.2, 0) is 14.3 Å². The second-order valence-corrected chi connectivity index (χ2v) is 10.6. The minimum Gasteiger partial charge on any atom is -0.542 e. The van der Waals surface area contributed by atoms with E-state index in [1.165, 1.54) is 0 Å². The van der Waals surface area contributed by atoms with Gasteiger partial charge in [0.25, 0.3) is 0 Å². The second kappa shape index (κ2) is 13.1. The fourth-order valence-electron chi connectivity index (χ4n) is 5.53. The number of nitrogens with one attached hydrogen (secondary N) is 1. The number of piperidine rings is 3. The van der Waals surface area contributed by atoms with Crippen LogP contribution in [0.3, 0.4) is 0 Å². The first-order chi connectivity index (χ1) is 20.0. The Balaban J connectivity index is 0.000000517. The number of carboxylic acids is 1. The number of carbonyl (C=O) groups excluding carboxylic acids is 3. The molecule has 3 N–H and O–H groups in total. The van der Waals surface area contributed by atoms with Gasteiger partial charge in [0.1, 0.15) is 19.1 Å². The SMILES string of the molecule is Nc1cccc(C(=O)C[N+]23CCC(CC2)[C@@H](OC(=O)[C@H](Nc2ccccc2)c2ccccc2)C3)c1.O=C([O-])C(F)(F)F. The Morgan fingerprint density at radius 3 is 2.12 bits per heavy atom. The van der Waals surface area contributed by atoms with Crippen LogP contribution in [0.1, 0.15) is 34.8 Å². The van der Waals surface area contributed by atoms with Gasteiger partial charge in [-0.15, -0.1) is 0 Å². The number of nitrogens with two attached hydrogens (primary N) is 1. The van der Waals surface area contributed by atoms with Gasteiger partial charge in [0.05, 0.1) is 13.1 Å². The van der Waals surface area contributed by atoms with Crippen molar-refractivity contribution >= 4 is 29.1 Å². The van der Waals surface area contributed by atoms with Crippen LogP contribution in [0.5, 0.6) is 0 Å². The molecular weight excluding hydrogens is 551 g/mol. The third kappa shape index (κ3) is 7.88. The maximum absolute atomic E-state index is 13.5. The Bertz CT molecular complexity index is 1380. The molecule has 11 heteroatoms. The van der Waals surface area contributed by atoms with Crippen LogP contribution in [0.2, 0.25) is 0 Å². The number of nitrogen functional groups attached to an aromatic ring is 1. The van der Waals surface area contributed by atoms with Crippen molar-refractivity contribution in [3.8, 4) is 0 Å². The van der Waals surface area contributed by atoms with Gasteiger partial charge in [-0.25, -0.2) is 4.79 Å². The van der Waals surface area contributed by atoms with E-state index >= 15 is 0 Å². The molecule has 6 rings (SSSR count). The highest BCUT2D eigenvalue weighted by atomic mass is 19.4. The minimum atomic E-state index is -5.19. The predicted octanol–water partition coefficient (Wildman–Crippen LogP) is 3.76. The van der Waals surface area contributed by atoms with E-state index in [2.05, 4.69) is 5.32 Å². The number of esters is 1. The van der Waals surface area contributed by atoms with Crippen LogP contribution in [-0.4, -0.2) is 60.7 Å². The number of aliphatic carboxylic acids is 1. The number of alkyl halides is 3. The third-order valence-electron chi connectivity index (χ3n) is 7.68. The van der Waals surface area contributed by atoms with Gasteiger partial charge in [0.15, 0.2) is 12.1 Å². The number of Topliss-reactive ketones (excluding diaryl/α,β-unsaturated/α-hetero) is 1. The molecular formula is C31H32F3N3O5. The second-order valence-electron chi connectivity index (χ2n) is 10.6. The summed E-state index contributed by atoms with van der Waals surface area (Å²) in [5, 5.41) is 12.1. The maximum Gasteiger partial charge on any atom is 0.430 e. The monoisotopic (exact) mass is 583 g/mol. The zero-order chi connectivity index (χ0) is 30.3. The van der Waals surface area contributed by atoms with Gasteiger partial charge in [-0.05, 0) is 29.8 Å². The molecule has 3 fully saturated rings. The van der Waals surface area contributed by atoms with Crippen molar-refractivity contribution in [2.75, 3.05) is 37.2 Å². The molecule has 2 atom stereocenters. The molecule has 0 spiro atoms. The van der Waals surface area contributed by atoms with Crippen molar-refractivity contribution in [2.45, 2.75) is 31.2 Å². The van der Waals surface area contributed by atoms with Crippen molar-refractivity contribution in [3.05, 3.63) is 96.1 Å². The lowest BCUT2D eigenvalue weighted by Crippen LogP contribution is -2.65. The van der Waals surface area contributed by atoms with Crippen molar-refractivity contribution in [3.63, 3.8) is 0 Å². The summed E-state index contributed by atoms with van der Waals surface area (Å²) in [5.41, 5.74) is 8.86. The number of halogens is 3. The third-order valence-corrected chi connectivity index (χ3v) is 7.68. The zero-order valence-electron chi connectivity index (χ0n) is 22.8. The molecule has 3 saturated heterocycles. The lowest BCUT2D eigenvalue weighted by atomic mass is 9.82. The maximum atomic E-state index is 13.5. The molecule has 8 nitrogen and oxygen atoms in total. The largest absolute Gasteiger partial charge is 0.542 e. The number of carbonyl (C=O) groups is 3. The molecule has 42 heavy (non-hydrogen) atoms. The molecule has 222 valence electrons. The van der Waals surface area contributed by atoms with Crippen LogP contribution in [0.4, 0.5) is 24.5 Å². The average molecular weight is 584 g/mol. The lowest BCUT2D eigenvalue weighted by molar-refractivity contribution is -0.938. The number of carboxylic acid groups (broad SMARTS) is 1. The van der Waals surface area contributed by atoms with E-state index in [1.54, 1.807) is 12.1 Å². The average Bonchev–Trinajstić information content (AvgIpc) is 2.97. The van der Waals surface area contributed by atoms with Gasteiger partial charge >= 0.3 is 12.1 Å². The molecule has 3 aromatic rings. The molecule has 0 saturated carbocycles. The van der Waals surface area contributed by atoms with Gasteiger partial charge in [0, 0.05) is 35.7 Å². The first-order valence-corrected chi connectivity index (χ1v) is 13.5. The van der Waals surface area contributed by atoms with E-state index in [0.29, 0.717) is 34.7 Å². The standard InChI is InChI=1S/C29H32N3O3.C2HF3O2/c30-24-11-7-10-23(18-24)26(33)19-32-16-14-21(15-17-32)27(20-32)35-29(34)28(22-8-3-1-4-9-22)31-25-12-5-2-6-13-25;3-2(4,5)1(6)7/h1-13,18,21,27-28,31H,14-17,19-20,30H2;(H,6,7)/q+1;/p-1/t21?,27-,28+,32?;/m0./s1. The number of para-hydroxylation sites is 1. The Morgan fingerprint density at radius 1 is 0.952 bits per heavy atom. The van der Waals surface area contributed by atoms with Gasteiger partial charge in [-0.1, -0.05) is 60.7 Å². The summed E-state index contributed by atoms with van der Waals surface area (Å²) in [6.07, 6.45) is -3.46. The van der Waals surface area contributed by atoms with Gasteiger partial charge in [-0.2, -0.15) is 13.2 Å². The van der Waals surface area contributed by atoms with Crippen LogP contribution in [0, 0.1) is 5.92 Å². The number of hydrogen-bond acceptors (Lipinski definition) is 7. The fourth-order valence-corrected chi connectivity index (χ4v) is 5.53. The molecule has 3 aromatic carbocycles. The first kappa shape index (κ1) is 30.6. The fraction of sp³-hybridized carbons (Fsp3) is 0.323. The first-order valence-electron chi connectivity index (χ1n) is 13.5. The molecule has 3 aliphatic rings. The molecule has 0 unspecified atom stereocenters. The summed E-state index contributed by atoms with van der Waals surface area (Å²) in [5.74, 6) is -2.85. The van der Waals surface area contributed by atoms with Crippen LogP contribution < -0.4 is 16.2 Å². The van der Waals surface area contributed by atoms with Crippen LogP contribution in [0.15, 0.2) is 84.9 Å². The molecule has 0 amide bonds. The van der Waals surface area contributed by atoms with Gasteiger partial charge < -0.3 is 30.2 Å². The molecule has 3 heterocycles. The summed E-state index contributed by atoms with van der Waals surface area (Å²) in [4.78, 5) is 35.4. The van der Waals surface area contributed by atoms with Crippen molar-refractivity contribution in [1.29, 1.82) is 0 Å². The summed E-state index contributed by atoms with van der Waals surface area (Å²) in [7, 11) is 0. The van der Waals surface area contributed by atoms with E-state index in [4.69, 9.17) is 20.4 Å². The van der Waals surface area contributed by atoms with E-state index < -0.39 is 18.2 Å². The highest BCUT2D eigenvalue weighted by Crippen LogP contribution is 2.37. The minimum absolute atomic E-state index is 0.0932. The van der Waals surface area contributed by atoms with Gasteiger partial charge in [0.2, 0.25) is 5.78 Å². The Morgan fingerprint density at radius 2 is 1.55 bits per heavy atom. The predicted molar refractivity (Wildman–Crippen MR) is 148 cm³/mol. The number of hydrogen-bond donors (Lipinski definition) is 2. The lowest BCUT2D eigenvalue weighted by Gasteiger charge is -2.51. The van der Waals surface area contributed by atoms with Crippen LogP contribution >= 0.6 is 0 Å². The van der Waals surface area contributed by atoms with Crippen LogP contribution in [0.25, 0.3) is 0 Å². The number of quaternary nitrogens is 1. The molecule has 2 bridgehead atoms. The van der Waals surface area contributed by atoms with E-state index in [9.17, 15) is 22.8 Å². The molecule has 3 aliphatic heterocycles. The quantitative estimate of drug-likeness (QED) is 0.179. The van der Waals surface area contributed by atoms with E-state index in [0.717, 1.165) is 37.2 Å². The Hall–Kier alpha value is -4.38. The van der Waals surface area contributed by atoms with E-state index in [1.807, 2.05) is 72.8 Å². The van der Waals surface area contributed by atoms with E-state index in [-0.39, 0.29) is 17.9 Å².